The zero-order valence-corrected chi connectivity index (χ0v) is 10.4. The molecule has 0 aliphatic rings. The summed E-state index contributed by atoms with van der Waals surface area (Å²) in [6.45, 7) is 2.48. The van der Waals surface area contributed by atoms with Crippen LogP contribution in [0.5, 0.6) is 0 Å². The van der Waals surface area contributed by atoms with Gasteiger partial charge < -0.3 is 11.1 Å². The third-order valence-corrected chi connectivity index (χ3v) is 2.78. The monoisotopic (exact) mass is 241 g/mol. The molecule has 1 aromatic heterocycles. The molecule has 0 aliphatic carbocycles. The molecule has 0 atom stereocenters. The third kappa shape index (κ3) is 2.28. The summed E-state index contributed by atoms with van der Waals surface area (Å²) in [5, 5.41) is 16.3. The van der Waals surface area contributed by atoms with Crippen LogP contribution in [0.15, 0.2) is 24.3 Å². The van der Waals surface area contributed by atoms with E-state index in [0.717, 1.165) is 17.1 Å². The van der Waals surface area contributed by atoms with Gasteiger partial charge in [0.2, 0.25) is 0 Å². The van der Waals surface area contributed by atoms with Crippen LogP contribution in [0.25, 0.3) is 0 Å². The fourth-order valence-corrected chi connectivity index (χ4v) is 1.82. The van der Waals surface area contributed by atoms with Crippen molar-refractivity contribution in [2.45, 2.75) is 13.5 Å². The van der Waals surface area contributed by atoms with Crippen molar-refractivity contribution in [2.75, 3.05) is 11.1 Å². The second-order valence-electron chi connectivity index (χ2n) is 4.14. The molecule has 1 heterocycles. The van der Waals surface area contributed by atoms with Gasteiger partial charge in [-0.1, -0.05) is 12.1 Å². The number of nitrogen functional groups attached to an aromatic ring is 1. The Labute approximate surface area is 106 Å². The average molecular weight is 241 g/mol. The lowest BCUT2D eigenvalue weighted by atomic mass is 10.1. The highest BCUT2D eigenvalue weighted by molar-refractivity contribution is 5.64. The molecule has 0 aliphatic heterocycles. The van der Waals surface area contributed by atoms with Gasteiger partial charge in [-0.3, -0.25) is 4.68 Å². The van der Waals surface area contributed by atoms with Gasteiger partial charge in [0.15, 0.2) is 0 Å². The number of nitrogens with one attached hydrogen (secondary N) is 1. The molecule has 2 aromatic rings. The number of nitrogens with two attached hydrogens (primary N) is 1. The normalized spacial score (nSPS) is 10.1. The van der Waals surface area contributed by atoms with Crippen LogP contribution in [0, 0.1) is 18.3 Å². The van der Waals surface area contributed by atoms with Gasteiger partial charge in [-0.2, -0.15) is 10.4 Å². The molecule has 0 saturated carbocycles. The Hall–Kier alpha value is -2.48. The van der Waals surface area contributed by atoms with Gasteiger partial charge in [0.05, 0.1) is 23.0 Å². The zero-order valence-electron chi connectivity index (χ0n) is 10.4. The van der Waals surface area contributed by atoms with Crippen molar-refractivity contribution in [1.29, 1.82) is 5.26 Å². The summed E-state index contributed by atoms with van der Waals surface area (Å²) in [4.78, 5) is 0. The minimum atomic E-state index is 0.610. The van der Waals surface area contributed by atoms with Crippen LogP contribution >= 0.6 is 0 Å². The largest absolute Gasteiger partial charge is 0.394 e. The fourth-order valence-electron chi connectivity index (χ4n) is 1.82. The van der Waals surface area contributed by atoms with Gasteiger partial charge in [-0.15, -0.1) is 0 Å². The van der Waals surface area contributed by atoms with E-state index >= 15 is 0 Å². The second-order valence-corrected chi connectivity index (χ2v) is 4.14. The second kappa shape index (κ2) is 4.80. The standard InChI is InChI=1S/C13H15N5/c1-9-12(15)13(18(2)17-9)16-8-11-5-3-4-10(6-11)7-14/h3-6,16H,8,15H2,1-2H3. The molecular formula is C13H15N5. The van der Waals surface area contributed by atoms with Gasteiger partial charge in [-0.05, 0) is 24.6 Å². The molecule has 2 rings (SSSR count). The molecule has 5 nitrogen and oxygen atoms in total. The number of hydrogen-bond acceptors (Lipinski definition) is 4. The van der Waals surface area contributed by atoms with E-state index < -0.39 is 0 Å². The maximum atomic E-state index is 8.83. The van der Waals surface area contributed by atoms with Crippen LogP contribution in [0.4, 0.5) is 11.5 Å². The first-order valence-electron chi connectivity index (χ1n) is 5.64. The van der Waals surface area contributed by atoms with E-state index in [9.17, 15) is 0 Å². The number of rotatable bonds is 3. The molecule has 3 N–H and O–H groups in total. The van der Waals surface area contributed by atoms with Crippen molar-refractivity contribution in [3.8, 4) is 6.07 Å². The van der Waals surface area contributed by atoms with Crippen molar-refractivity contribution in [3.05, 3.63) is 41.1 Å². The van der Waals surface area contributed by atoms with Crippen molar-refractivity contribution in [2.24, 2.45) is 7.05 Å². The maximum absolute atomic E-state index is 8.83. The van der Waals surface area contributed by atoms with Crippen molar-refractivity contribution >= 4 is 11.5 Å². The molecule has 0 bridgehead atoms. The van der Waals surface area contributed by atoms with E-state index in [-0.39, 0.29) is 0 Å². The molecule has 0 spiro atoms. The molecule has 0 radical (unpaired) electrons. The lowest BCUT2D eigenvalue weighted by Crippen LogP contribution is -2.06. The van der Waals surface area contributed by atoms with Crippen molar-refractivity contribution in [1.82, 2.24) is 9.78 Å². The molecule has 1 aromatic carbocycles. The highest BCUT2D eigenvalue weighted by atomic mass is 15.3. The molecule has 0 fully saturated rings. The Kier molecular flexibility index (Phi) is 3.20. The van der Waals surface area contributed by atoms with Crippen LogP contribution in [0.3, 0.4) is 0 Å². The highest BCUT2D eigenvalue weighted by Gasteiger charge is 2.09. The van der Waals surface area contributed by atoms with Gasteiger partial charge in [0.25, 0.3) is 0 Å². The first kappa shape index (κ1) is 12.0. The van der Waals surface area contributed by atoms with Crippen LogP contribution in [-0.2, 0) is 13.6 Å². The topological polar surface area (TPSA) is 79.7 Å². The minimum Gasteiger partial charge on any atom is -0.394 e. The molecule has 18 heavy (non-hydrogen) atoms. The minimum absolute atomic E-state index is 0.610. The number of benzene rings is 1. The predicted octanol–water partition coefficient (Wildman–Crippen LogP) is 1.79. The quantitative estimate of drug-likeness (QED) is 0.858. The van der Waals surface area contributed by atoms with E-state index in [1.165, 1.54) is 0 Å². The SMILES string of the molecule is Cc1nn(C)c(NCc2cccc(C#N)c2)c1N. The maximum Gasteiger partial charge on any atom is 0.148 e. The summed E-state index contributed by atoms with van der Waals surface area (Å²) in [5.74, 6) is 0.801. The smallest absolute Gasteiger partial charge is 0.148 e. The number of aryl methyl sites for hydroxylation is 2. The number of anilines is 2. The van der Waals surface area contributed by atoms with Gasteiger partial charge in [-0.25, -0.2) is 0 Å². The Bertz CT molecular complexity index is 606. The van der Waals surface area contributed by atoms with Crippen LogP contribution in [0.1, 0.15) is 16.8 Å². The van der Waals surface area contributed by atoms with E-state index in [1.54, 1.807) is 10.7 Å². The fraction of sp³-hybridized carbons (Fsp3) is 0.231. The Balaban J connectivity index is 2.14. The lowest BCUT2D eigenvalue weighted by molar-refractivity contribution is 0.758. The van der Waals surface area contributed by atoms with Gasteiger partial charge in [0.1, 0.15) is 5.82 Å². The average Bonchev–Trinajstić information content (AvgIpc) is 2.61. The number of nitriles is 1. The van der Waals surface area contributed by atoms with Crippen LogP contribution in [-0.4, -0.2) is 9.78 Å². The van der Waals surface area contributed by atoms with Gasteiger partial charge >= 0.3 is 0 Å². The zero-order chi connectivity index (χ0) is 13.1. The predicted molar refractivity (Wildman–Crippen MR) is 70.8 cm³/mol. The van der Waals surface area contributed by atoms with E-state index in [0.29, 0.717) is 17.8 Å². The van der Waals surface area contributed by atoms with E-state index in [4.69, 9.17) is 11.0 Å². The molecule has 0 unspecified atom stereocenters. The summed E-state index contributed by atoms with van der Waals surface area (Å²) in [7, 11) is 1.84. The first-order chi connectivity index (χ1) is 8.61. The molecular weight excluding hydrogens is 226 g/mol. The molecule has 0 amide bonds. The highest BCUT2D eigenvalue weighted by Crippen LogP contribution is 2.21. The molecule has 5 heteroatoms. The van der Waals surface area contributed by atoms with Crippen LogP contribution < -0.4 is 11.1 Å². The first-order valence-corrected chi connectivity index (χ1v) is 5.64. The summed E-state index contributed by atoms with van der Waals surface area (Å²) >= 11 is 0. The summed E-state index contributed by atoms with van der Waals surface area (Å²) in [6, 6.07) is 9.59. The van der Waals surface area contributed by atoms with Crippen LogP contribution in [0.2, 0.25) is 0 Å². The summed E-state index contributed by atoms with van der Waals surface area (Å²) < 4.78 is 1.72. The molecule has 92 valence electrons. The van der Waals surface area contributed by atoms with E-state index in [1.807, 2.05) is 32.2 Å². The Morgan fingerprint density at radius 3 is 2.89 bits per heavy atom. The third-order valence-electron chi connectivity index (χ3n) is 2.78. The van der Waals surface area contributed by atoms with E-state index in [2.05, 4.69) is 16.5 Å². The summed E-state index contributed by atoms with van der Waals surface area (Å²) in [5.41, 5.74) is 9.09. The van der Waals surface area contributed by atoms with Crippen molar-refractivity contribution < 1.29 is 0 Å². The number of nitrogens with zero attached hydrogens (tertiary/aromatic N) is 3. The lowest BCUT2D eigenvalue weighted by Gasteiger charge is -2.08. The Morgan fingerprint density at radius 2 is 2.28 bits per heavy atom. The van der Waals surface area contributed by atoms with Gasteiger partial charge in [0, 0.05) is 13.6 Å². The summed E-state index contributed by atoms with van der Waals surface area (Å²) in [6.07, 6.45) is 0. The Morgan fingerprint density at radius 1 is 1.50 bits per heavy atom. The number of hydrogen-bond donors (Lipinski definition) is 2. The number of aromatic nitrogens is 2. The molecule has 0 saturated heterocycles. The van der Waals surface area contributed by atoms with Crippen molar-refractivity contribution in [3.63, 3.8) is 0 Å².